The molecule has 2 amide bonds. The van der Waals surface area contributed by atoms with Gasteiger partial charge in [-0.25, -0.2) is 4.98 Å². The Balaban J connectivity index is 1.56. The van der Waals surface area contributed by atoms with E-state index in [-0.39, 0.29) is 11.8 Å². The van der Waals surface area contributed by atoms with E-state index in [0.717, 1.165) is 16.6 Å². The summed E-state index contributed by atoms with van der Waals surface area (Å²) in [6.07, 6.45) is 0. The molecule has 0 saturated heterocycles. The standard InChI is InChI=1S/C24H22N4O2/c1-28(16-21-25-19-14-8-9-15-20(19)26-21)24(30)22(17-10-4-2-5-11-17)27-23(29)18-12-6-3-7-13-18/h2-15,22H,16H2,1H3,(H,25,26)(H,27,29). The monoisotopic (exact) mass is 398 g/mol. The van der Waals surface area contributed by atoms with Gasteiger partial charge >= 0.3 is 0 Å². The van der Waals surface area contributed by atoms with Crippen molar-refractivity contribution in [3.05, 3.63) is 102 Å². The van der Waals surface area contributed by atoms with E-state index in [4.69, 9.17) is 0 Å². The van der Waals surface area contributed by atoms with E-state index >= 15 is 0 Å². The zero-order valence-electron chi connectivity index (χ0n) is 16.6. The summed E-state index contributed by atoms with van der Waals surface area (Å²) in [4.78, 5) is 35.4. The Bertz CT molecular complexity index is 1120. The van der Waals surface area contributed by atoms with Crippen LogP contribution in [0.15, 0.2) is 84.9 Å². The number of hydrogen-bond donors (Lipinski definition) is 2. The molecular weight excluding hydrogens is 376 g/mol. The van der Waals surface area contributed by atoms with E-state index < -0.39 is 6.04 Å². The molecule has 6 nitrogen and oxygen atoms in total. The Labute approximate surface area is 174 Å². The highest BCUT2D eigenvalue weighted by Crippen LogP contribution is 2.18. The second-order valence-electron chi connectivity index (χ2n) is 7.08. The molecule has 150 valence electrons. The van der Waals surface area contributed by atoms with Gasteiger partial charge in [0.25, 0.3) is 5.91 Å². The maximum absolute atomic E-state index is 13.3. The lowest BCUT2D eigenvalue weighted by molar-refractivity contribution is -0.132. The lowest BCUT2D eigenvalue weighted by atomic mass is 10.0. The van der Waals surface area contributed by atoms with Crippen LogP contribution in [0.4, 0.5) is 0 Å². The fourth-order valence-corrected chi connectivity index (χ4v) is 3.34. The number of nitrogens with one attached hydrogen (secondary N) is 2. The van der Waals surface area contributed by atoms with Gasteiger partial charge in [-0.3, -0.25) is 9.59 Å². The average Bonchev–Trinajstić information content (AvgIpc) is 3.20. The molecule has 0 saturated carbocycles. The van der Waals surface area contributed by atoms with E-state index in [2.05, 4.69) is 15.3 Å². The van der Waals surface area contributed by atoms with Gasteiger partial charge in [0.2, 0.25) is 5.91 Å². The zero-order chi connectivity index (χ0) is 20.9. The van der Waals surface area contributed by atoms with Crippen LogP contribution in [-0.4, -0.2) is 33.7 Å². The largest absolute Gasteiger partial charge is 0.340 e. The summed E-state index contributed by atoms with van der Waals surface area (Å²) >= 11 is 0. The minimum absolute atomic E-state index is 0.217. The second-order valence-corrected chi connectivity index (χ2v) is 7.08. The second kappa shape index (κ2) is 8.61. The van der Waals surface area contributed by atoms with Crippen LogP contribution in [0.2, 0.25) is 0 Å². The smallest absolute Gasteiger partial charge is 0.252 e. The third kappa shape index (κ3) is 4.22. The van der Waals surface area contributed by atoms with Gasteiger partial charge < -0.3 is 15.2 Å². The number of carbonyl (C=O) groups is 2. The Morgan fingerprint density at radius 2 is 1.57 bits per heavy atom. The van der Waals surface area contributed by atoms with Crippen molar-refractivity contribution in [2.75, 3.05) is 7.05 Å². The Morgan fingerprint density at radius 1 is 0.933 bits per heavy atom. The highest BCUT2D eigenvalue weighted by molar-refractivity contribution is 5.97. The van der Waals surface area contributed by atoms with E-state index in [1.54, 1.807) is 36.2 Å². The van der Waals surface area contributed by atoms with Crippen molar-refractivity contribution in [3.63, 3.8) is 0 Å². The molecule has 0 spiro atoms. The number of aromatic amines is 1. The number of nitrogens with zero attached hydrogens (tertiary/aromatic N) is 2. The number of hydrogen-bond acceptors (Lipinski definition) is 3. The number of rotatable bonds is 6. The number of imidazole rings is 1. The first kappa shape index (κ1) is 19.4. The molecule has 30 heavy (non-hydrogen) atoms. The third-order valence-corrected chi connectivity index (χ3v) is 4.89. The topological polar surface area (TPSA) is 78.1 Å². The van der Waals surface area contributed by atoms with Gasteiger partial charge in [-0.05, 0) is 29.8 Å². The number of likely N-dealkylation sites (N-methyl/N-ethyl adjacent to an activating group) is 1. The van der Waals surface area contributed by atoms with Crippen LogP contribution in [0.5, 0.6) is 0 Å². The first-order chi connectivity index (χ1) is 14.6. The molecule has 0 fully saturated rings. The van der Waals surface area contributed by atoms with Crippen molar-refractivity contribution in [3.8, 4) is 0 Å². The summed E-state index contributed by atoms with van der Waals surface area (Å²) in [6, 6.07) is 25.1. The van der Waals surface area contributed by atoms with Crippen molar-refractivity contribution < 1.29 is 9.59 Å². The Hall–Kier alpha value is -3.93. The van der Waals surface area contributed by atoms with Crippen molar-refractivity contribution in [2.24, 2.45) is 0 Å². The number of aromatic nitrogens is 2. The maximum Gasteiger partial charge on any atom is 0.252 e. The Kier molecular flexibility index (Phi) is 5.57. The molecule has 0 aliphatic carbocycles. The normalized spacial score (nSPS) is 11.8. The summed E-state index contributed by atoms with van der Waals surface area (Å²) in [6.45, 7) is 0.304. The summed E-state index contributed by atoms with van der Waals surface area (Å²) in [5.41, 5.74) is 3.00. The minimum Gasteiger partial charge on any atom is -0.340 e. The van der Waals surface area contributed by atoms with Gasteiger partial charge in [0.1, 0.15) is 11.9 Å². The van der Waals surface area contributed by atoms with Gasteiger partial charge in [-0.15, -0.1) is 0 Å². The van der Waals surface area contributed by atoms with Crippen molar-refractivity contribution in [2.45, 2.75) is 12.6 Å². The first-order valence-corrected chi connectivity index (χ1v) is 9.71. The quantitative estimate of drug-likeness (QED) is 0.520. The number of amides is 2. The number of carbonyl (C=O) groups excluding carboxylic acids is 2. The molecule has 1 unspecified atom stereocenters. The van der Waals surface area contributed by atoms with Gasteiger partial charge in [0.15, 0.2) is 0 Å². The van der Waals surface area contributed by atoms with Crippen LogP contribution in [0.25, 0.3) is 11.0 Å². The van der Waals surface area contributed by atoms with Gasteiger partial charge in [0.05, 0.1) is 17.6 Å². The molecule has 1 aromatic heterocycles. The summed E-state index contributed by atoms with van der Waals surface area (Å²) in [5.74, 6) is 0.175. The number of fused-ring (bicyclic) bond motifs is 1. The van der Waals surface area contributed by atoms with Crippen molar-refractivity contribution >= 4 is 22.8 Å². The summed E-state index contributed by atoms with van der Waals surface area (Å²) in [5, 5.41) is 2.88. The van der Waals surface area contributed by atoms with E-state index in [0.29, 0.717) is 17.9 Å². The van der Waals surface area contributed by atoms with E-state index in [1.807, 2.05) is 60.7 Å². The zero-order valence-corrected chi connectivity index (χ0v) is 16.6. The summed E-state index contributed by atoms with van der Waals surface area (Å²) < 4.78 is 0. The molecular formula is C24H22N4O2. The number of para-hydroxylation sites is 2. The fraction of sp³-hybridized carbons (Fsp3) is 0.125. The van der Waals surface area contributed by atoms with Gasteiger partial charge in [-0.1, -0.05) is 60.7 Å². The molecule has 4 aromatic rings. The average molecular weight is 398 g/mol. The third-order valence-electron chi connectivity index (χ3n) is 4.89. The van der Waals surface area contributed by atoms with Crippen LogP contribution < -0.4 is 5.32 Å². The molecule has 0 aliphatic heterocycles. The molecule has 0 bridgehead atoms. The van der Waals surface area contributed by atoms with Crippen LogP contribution in [0, 0.1) is 0 Å². The Morgan fingerprint density at radius 3 is 2.27 bits per heavy atom. The SMILES string of the molecule is CN(Cc1nc2ccccc2[nH]1)C(=O)C(NC(=O)c1ccccc1)c1ccccc1. The predicted octanol–water partition coefficient (Wildman–Crippen LogP) is 3.69. The van der Waals surface area contributed by atoms with Crippen LogP contribution in [0.3, 0.4) is 0 Å². The molecule has 0 radical (unpaired) electrons. The molecule has 4 rings (SSSR count). The van der Waals surface area contributed by atoms with E-state index in [9.17, 15) is 9.59 Å². The van der Waals surface area contributed by atoms with Gasteiger partial charge in [-0.2, -0.15) is 0 Å². The highest BCUT2D eigenvalue weighted by Gasteiger charge is 2.26. The number of H-pyrrole nitrogens is 1. The van der Waals surface area contributed by atoms with Crippen LogP contribution in [-0.2, 0) is 11.3 Å². The molecule has 1 atom stereocenters. The van der Waals surface area contributed by atoms with Gasteiger partial charge in [0, 0.05) is 12.6 Å². The molecule has 6 heteroatoms. The van der Waals surface area contributed by atoms with Crippen LogP contribution >= 0.6 is 0 Å². The first-order valence-electron chi connectivity index (χ1n) is 9.71. The minimum atomic E-state index is -0.798. The lowest BCUT2D eigenvalue weighted by Crippen LogP contribution is -2.41. The predicted molar refractivity (Wildman–Crippen MR) is 116 cm³/mol. The molecule has 2 N–H and O–H groups in total. The highest BCUT2D eigenvalue weighted by atomic mass is 16.2. The summed E-state index contributed by atoms with van der Waals surface area (Å²) in [7, 11) is 1.71. The maximum atomic E-state index is 13.3. The molecule has 1 heterocycles. The van der Waals surface area contributed by atoms with Crippen LogP contribution in [0.1, 0.15) is 27.8 Å². The molecule has 3 aromatic carbocycles. The van der Waals surface area contributed by atoms with Crippen molar-refractivity contribution in [1.29, 1.82) is 0 Å². The number of benzene rings is 3. The lowest BCUT2D eigenvalue weighted by Gasteiger charge is -2.24. The molecule has 0 aliphatic rings. The van der Waals surface area contributed by atoms with E-state index in [1.165, 1.54) is 0 Å². The van der Waals surface area contributed by atoms with Crippen molar-refractivity contribution in [1.82, 2.24) is 20.2 Å². The fourth-order valence-electron chi connectivity index (χ4n) is 3.34.